The van der Waals surface area contributed by atoms with Gasteiger partial charge in [0.2, 0.25) is 21.7 Å². The van der Waals surface area contributed by atoms with E-state index in [4.69, 9.17) is 9.47 Å². The van der Waals surface area contributed by atoms with E-state index in [1.807, 2.05) is 0 Å². The van der Waals surface area contributed by atoms with Gasteiger partial charge in [0.25, 0.3) is 0 Å². The Balaban J connectivity index is 1.95. The molecule has 0 aromatic heterocycles. The molecule has 0 unspecified atom stereocenters. The highest BCUT2D eigenvalue weighted by Gasteiger charge is 2.56. The first kappa shape index (κ1) is 27.9. The first-order valence-electron chi connectivity index (χ1n) is 10.0. The van der Waals surface area contributed by atoms with E-state index in [0.717, 1.165) is 23.6 Å². The van der Waals surface area contributed by atoms with Gasteiger partial charge in [-0.25, -0.2) is 35.2 Å². The van der Waals surface area contributed by atoms with Crippen molar-refractivity contribution in [2.45, 2.75) is 49.6 Å². The molecule has 0 radical (unpaired) electrons. The lowest BCUT2D eigenvalue weighted by Crippen LogP contribution is -2.70. The summed E-state index contributed by atoms with van der Waals surface area (Å²) in [5.74, 6) is -15.5. The van der Waals surface area contributed by atoms with Crippen molar-refractivity contribution in [2.75, 3.05) is 12.4 Å². The zero-order chi connectivity index (χ0) is 27.3. The van der Waals surface area contributed by atoms with Crippen LogP contribution in [0.2, 0.25) is 0 Å². The number of rotatable bonds is 6. The van der Waals surface area contributed by atoms with Crippen molar-refractivity contribution in [1.29, 1.82) is 0 Å². The maximum absolute atomic E-state index is 14.1. The molecule has 36 heavy (non-hydrogen) atoms. The maximum Gasteiger partial charge on any atom is 0.355 e. The number of benzene rings is 1. The van der Waals surface area contributed by atoms with Crippen LogP contribution in [-0.4, -0.2) is 60.5 Å². The van der Waals surface area contributed by atoms with E-state index in [9.17, 15) is 44.8 Å². The van der Waals surface area contributed by atoms with Crippen LogP contribution in [0.4, 0.5) is 22.0 Å². The highest BCUT2D eigenvalue weighted by molar-refractivity contribution is 8.00. The number of amides is 1. The first-order valence-corrected chi connectivity index (χ1v) is 12.6. The van der Waals surface area contributed by atoms with Gasteiger partial charge < -0.3 is 9.47 Å². The van der Waals surface area contributed by atoms with Crippen molar-refractivity contribution in [3.8, 4) is 0 Å². The number of thioether (sulfide) groups is 1. The van der Waals surface area contributed by atoms with Gasteiger partial charge in [0, 0.05) is 18.2 Å². The number of nitrogens with one attached hydrogen (secondary N) is 1. The summed E-state index contributed by atoms with van der Waals surface area (Å²) in [5.41, 5.74) is -1.14. The molecular weight excluding hydrogens is 539 g/mol. The number of halogens is 5. The summed E-state index contributed by atoms with van der Waals surface area (Å²) in [4.78, 5) is 35.6. The van der Waals surface area contributed by atoms with Gasteiger partial charge in [0.05, 0.1) is 0 Å². The third kappa shape index (κ3) is 5.06. The Morgan fingerprint density at radius 2 is 1.58 bits per heavy atom. The van der Waals surface area contributed by atoms with Crippen LogP contribution in [0, 0.1) is 29.1 Å². The van der Waals surface area contributed by atoms with Crippen LogP contribution >= 0.6 is 11.8 Å². The van der Waals surface area contributed by atoms with E-state index >= 15 is 0 Å². The number of fused-ring (bicyclic) bond motifs is 1. The Labute approximate surface area is 206 Å². The molecule has 0 bridgehead atoms. The van der Waals surface area contributed by atoms with Gasteiger partial charge in [0.15, 0.2) is 28.2 Å². The Morgan fingerprint density at radius 3 is 2.08 bits per heavy atom. The van der Waals surface area contributed by atoms with Crippen molar-refractivity contribution in [3.63, 3.8) is 0 Å². The standard InChI is InChI=1S/C20H19F5N2O7S2/c1-7(28)33-5-8-6-35-18-14(17(29)27(18)15(8)19(30)34-20(2,3)4)26-36(31,32)16-12(24)10(22)9(21)11(23)13(16)25/h14,18,26H,5-6H2,1-4H3/t14-,18-/m1/s1. The van der Waals surface area contributed by atoms with Gasteiger partial charge in [-0.1, -0.05) is 0 Å². The lowest BCUT2D eigenvalue weighted by molar-refractivity contribution is -0.158. The molecule has 2 aliphatic heterocycles. The lowest BCUT2D eigenvalue weighted by Gasteiger charge is -2.49. The SMILES string of the molecule is CC(=O)OCC1=C(C(=O)OC(C)(C)C)N2C(=O)[C@@H](NS(=O)(=O)c3c(F)c(F)c(F)c(F)c3F)[C@H]2SC1. The fraction of sp³-hybridized carbons (Fsp3) is 0.450. The smallest absolute Gasteiger partial charge is 0.355 e. The number of hydrogen-bond donors (Lipinski definition) is 1. The number of carbonyl (C=O) groups is 3. The summed E-state index contributed by atoms with van der Waals surface area (Å²) in [5, 5.41) is -1.14. The summed E-state index contributed by atoms with van der Waals surface area (Å²) in [6, 6.07) is -1.72. The van der Waals surface area contributed by atoms with Crippen LogP contribution < -0.4 is 4.72 Å². The lowest BCUT2D eigenvalue weighted by atomic mass is 10.0. The number of esters is 2. The quantitative estimate of drug-likeness (QED) is 0.186. The summed E-state index contributed by atoms with van der Waals surface area (Å²) in [6.45, 7) is 5.38. The summed E-state index contributed by atoms with van der Waals surface area (Å²) in [7, 11) is -5.44. The largest absolute Gasteiger partial charge is 0.461 e. The molecule has 198 valence electrons. The maximum atomic E-state index is 14.1. The highest BCUT2D eigenvalue weighted by atomic mass is 32.2. The molecular formula is C20H19F5N2O7S2. The molecule has 1 amide bonds. The molecule has 1 N–H and O–H groups in total. The molecule has 1 saturated heterocycles. The minimum absolute atomic E-state index is 0.0446. The molecule has 0 saturated carbocycles. The van der Waals surface area contributed by atoms with Crippen molar-refractivity contribution in [3.05, 3.63) is 40.4 Å². The van der Waals surface area contributed by atoms with Crippen molar-refractivity contribution < 1.29 is 54.2 Å². The highest BCUT2D eigenvalue weighted by Crippen LogP contribution is 2.42. The topological polar surface area (TPSA) is 119 Å². The van der Waals surface area contributed by atoms with Crippen molar-refractivity contribution in [2.24, 2.45) is 0 Å². The third-order valence-corrected chi connectivity index (χ3v) is 7.61. The second-order valence-corrected chi connectivity index (χ2v) is 11.4. The van der Waals surface area contributed by atoms with Gasteiger partial charge >= 0.3 is 11.9 Å². The fourth-order valence-electron chi connectivity index (χ4n) is 3.32. The van der Waals surface area contributed by atoms with E-state index in [1.165, 1.54) is 0 Å². The van der Waals surface area contributed by atoms with Crippen molar-refractivity contribution in [1.82, 2.24) is 9.62 Å². The van der Waals surface area contributed by atoms with Crippen LogP contribution in [0.5, 0.6) is 0 Å². The fourth-order valence-corrected chi connectivity index (χ4v) is 6.07. The Kier molecular flexibility index (Phi) is 7.45. The van der Waals surface area contributed by atoms with E-state index < -0.39 is 78.9 Å². The number of ether oxygens (including phenoxy) is 2. The Bertz CT molecular complexity index is 1270. The van der Waals surface area contributed by atoms with E-state index in [0.29, 0.717) is 0 Å². The first-order chi connectivity index (χ1) is 16.5. The monoisotopic (exact) mass is 558 g/mol. The Morgan fingerprint density at radius 1 is 1.06 bits per heavy atom. The Hall–Kier alpha value is -2.72. The average molecular weight is 559 g/mol. The molecule has 1 aromatic carbocycles. The average Bonchev–Trinajstić information content (AvgIpc) is 2.76. The number of sulfonamides is 1. The predicted molar refractivity (Wildman–Crippen MR) is 113 cm³/mol. The van der Waals surface area contributed by atoms with Gasteiger partial charge in [-0.05, 0) is 20.8 Å². The second kappa shape index (κ2) is 9.63. The minimum Gasteiger partial charge on any atom is -0.461 e. The molecule has 16 heteroatoms. The number of carbonyl (C=O) groups excluding carboxylic acids is 3. The molecule has 1 aromatic rings. The molecule has 9 nitrogen and oxygen atoms in total. The van der Waals surface area contributed by atoms with Crippen LogP contribution in [0.3, 0.4) is 0 Å². The van der Waals surface area contributed by atoms with E-state index in [2.05, 4.69) is 0 Å². The minimum atomic E-state index is -5.44. The van der Waals surface area contributed by atoms with E-state index in [1.54, 1.807) is 25.5 Å². The van der Waals surface area contributed by atoms with Gasteiger partial charge in [-0.3, -0.25) is 14.5 Å². The number of nitrogens with zero attached hydrogens (tertiary/aromatic N) is 1. The molecule has 0 spiro atoms. The van der Waals surface area contributed by atoms with Gasteiger partial charge in [0.1, 0.15) is 29.3 Å². The van der Waals surface area contributed by atoms with Crippen LogP contribution in [0.25, 0.3) is 0 Å². The van der Waals surface area contributed by atoms with E-state index in [-0.39, 0.29) is 23.6 Å². The van der Waals surface area contributed by atoms with Crippen LogP contribution in [0.1, 0.15) is 27.7 Å². The molecule has 0 aliphatic carbocycles. The van der Waals surface area contributed by atoms with Crippen LogP contribution in [-0.2, 0) is 33.9 Å². The third-order valence-electron chi connectivity index (χ3n) is 4.81. The summed E-state index contributed by atoms with van der Waals surface area (Å²) >= 11 is 0.902. The zero-order valence-electron chi connectivity index (χ0n) is 19.1. The van der Waals surface area contributed by atoms with Gasteiger partial charge in [-0.2, -0.15) is 4.72 Å². The molecule has 2 heterocycles. The predicted octanol–water partition coefficient (Wildman–Crippen LogP) is 2.10. The molecule has 1 fully saturated rings. The normalized spacial score (nSPS) is 20.1. The van der Waals surface area contributed by atoms with Crippen LogP contribution in [0.15, 0.2) is 16.2 Å². The summed E-state index contributed by atoms with van der Waals surface area (Å²) < 4.78 is 106. The zero-order valence-corrected chi connectivity index (χ0v) is 20.7. The number of hydrogen-bond acceptors (Lipinski definition) is 8. The summed E-state index contributed by atoms with van der Waals surface area (Å²) in [6.07, 6.45) is 0. The number of β-lactam (4-membered cyclic amide) rings is 1. The molecule has 3 rings (SSSR count). The molecule has 2 aliphatic rings. The van der Waals surface area contributed by atoms with Gasteiger partial charge in [-0.15, -0.1) is 11.8 Å². The second-order valence-electron chi connectivity index (χ2n) is 8.64. The van der Waals surface area contributed by atoms with Crippen molar-refractivity contribution >= 4 is 39.6 Å². The molecule has 2 atom stereocenters.